The van der Waals surface area contributed by atoms with E-state index in [9.17, 15) is 0 Å². The van der Waals surface area contributed by atoms with Crippen LogP contribution in [0.1, 0.15) is 27.7 Å². The highest BCUT2D eigenvalue weighted by Crippen LogP contribution is 2.27. The first kappa shape index (κ1) is 14.5. The summed E-state index contributed by atoms with van der Waals surface area (Å²) in [6, 6.07) is 1.97. The van der Waals surface area contributed by atoms with Gasteiger partial charge in [-0.1, -0.05) is 39.3 Å². The van der Waals surface area contributed by atoms with Crippen LogP contribution in [0.4, 0.5) is 5.95 Å². The predicted octanol–water partition coefficient (Wildman–Crippen LogP) is 4.46. The average molecular weight is 298 g/mol. The van der Waals surface area contributed by atoms with Crippen LogP contribution in [0.5, 0.6) is 0 Å². The third-order valence-electron chi connectivity index (χ3n) is 2.72. The van der Waals surface area contributed by atoms with Crippen LogP contribution < -0.4 is 4.90 Å². The first-order valence-corrected chi connectivity index (χ1v) is 7.88. The number of halogens is 1. The molecule has 2 rings (SSSR count). The maximum atomic E-state index is 6.25. The first-order chi connectivity index (χ1) is 8.97. The Balaban J connectivity index is 2.36. The normalized spacial score (nSPS) is 11.7. The smallest absolute Gasteiger partial charge is 0.228 e. The second kappa shape index (κ2) is 6.06. The molecule has 0 spiro atoms. The topological polar surface area (TPSA) is 29.0 Å². The van der Waals surface area contributed by atoms with E-state index in [4.69, 9.17) is 11.6 Å². The number of aromatic nitrogens is 2. The Hall–Kier alpha value is -0.870. The van der Waals surface area contributed by atoms with Crippen LogP contribution in [-0.2, 0) is 0 Å². The van der Waals surface area contributed by atoms with Crippen molar-refractivity contribution >= 4 is 39.1 Å². The molecule has 0 radical (unpaired) electrons. The van der Waals surface area contributed by atoms with Gasteiger partial charge in [0.15, 0.2) is 0 Å². The summed E-state index contributed by atoms with van der Waals surface area (Å²) in [6.45, 7) is 10.7. The molecule has 0 atom stereocenters. The highest BCUT2D eigenvalue weighted by atomic mass is 35.5. The van der Waals surface area contributed by atoms with E-state index in [1.165, 1.54) is 0 Å². The summed E-state index contributed by atoms with van der Waals surface area (Å²) in [5.74, 6) is 1.89. The van der Waals surface area contributed by atoms with E-state index in [0.29, 0.717) is 17.0 Å². The van der Waals surface area contributed by atoms with Gasteiger partial charge in [-0.15, -0.1) is 11.3 Å². The minimum Gasteiger partial charge on any atom is -0.340 e. The molecule has 0 aliphatic carbocycles. The highest BCUT2D eigenvalue weighted by molar-refractivity contribution is 7.16. The SMILES string of the molecule is CC(C)CN(CC(C)C)c1nc(Cl)c2ccsc2n1. The van der Waals surface area contributed by atoms with Crippen molar-refractivity contribution in [3.8, 4) is 0 Å². The maximum absolute atomic E-state index is 6.25. The number of thiophene rings is 1. The largest absolute Gasteiger partial charge is 0.340 e. The summed E-state index contributed by atoms with van der Waals surface area (Å²) in [5.41, 5.74) is 0. The summed E-state index contributed by atoms with van der Waals surface area (Å²) in [6.07, 6.45) is 0. The highest BCUT2D eigenvalue weighted by Gasteiger charge is 2.16. The molecule has 0 bridgehead atoms. The van der Waals surface area contributed by atoms with Crippen molar-refractivity contribution in [1.29, 1.82) is 0 Å². The van der Waals surface area contributed by atoms with Crippen molar-refractivity contribution in [3.05, 3.63) is 16.6 Å². The molecule has 0 N–H and O–H groups in total. The van der Waals surface area contributed by atoms with Crippen LogP contribution in [0.2, 0.25) is 5.15 Å². The van der Waals surface area contributed by atoms with E-state index >= 15 is 0 Å². The average Bonchev–Trinajstić information content (AvgIpc) is 2.75. The second-order valence-electron chi connectivity index (χ2n) is 5.65. The lowest BCUT2D eigenvalue weighted by molar-refractivity contribution is 0.545. The van der Waals surface area contributed by atoms with Crippen LogP contribution in [0.25, 0.3) is 10.2 Å². The summed E-state index contributed by atoms with van der Waals surface area (Å²) < 4.78 is 0. The number of rotatable bonds is 5. The summed E-state index contributed by atoms with van der Waals surface area (Å²) in [4.78, 5) is 12.3. The van der Waals surface area contributed by atoms with Crippen LogP contribution in [0.15, 0.2) is 11.4 Å². The lowest BCUT2D eigenvalue weighted by atomic mass is 10.1. The molecule has 104 valence electrons. The van der Waals surface area contributed by atoms with Crippen molar-refractivity contribution in [2.75, 3.05) is 18.0 Å². The number of hydrogen-bond donors (Lipinski definition) is 0. The van der Waals surface area contributed by atoms with E-state index in [1.54, 1.807) is 11.3 Å². The van der Waals surface area contributed by atoms with Gasteiger partial charge in [0.05, 0.1) is 0 Å². The molecule has 0 amide bonds. The van der Waals surface area contributed by atoms with E-state index in [1.807, 2.05) is 11.4 Å². The van der Waals surface area contributed by atoms with Crippen LogP contribution in [0, 0.1) is 11.8 Å². The fourth-order valence-corrected chi connectivity index (χ4v) is 3.11. The summed E-state index contributed by atoms with van der Waals surface area (Å²) in [7, 11) is 0. The number of hydrogen-bond acceptors (Lipinski definition) is 4. The predicted molar refractivity (Wildman–Crippen MR) is 84.3 cm³/mol. The molecule has 0 unspecified atom stereocenters. The molecule has 3 nitrogen and oxygen atoms in total. The zero-order valence-corrected chi connectivity index (χ0v) is 13.4. The lowest BCUT2D eigenvalue weighted by Crippen LogP contribution is -2.32. The van der Waals surface area contributed by atoms with Gasteiger partial charge in [0.1, 0.15) is 9.98 Å². The standard InChI is InChI=1S/C14H20ClN3S/c1-9(2)7-18(8-10(3)4)14-16-12(15)11-5-6-19-13(11)17-14/h5-6,9-10H,7-8H2,1-4H3. The monoisotopic (exact) mass is 297 g/mol. The Morgan fingerprint density at radius 1 is 1.16 bits per heavy atom. The van der Waals surface area contributed by atoms with Gasteiger partial charge < -0.3 is 4.90 Å². The number of nitrogens with zero attached hydrogens (tertiary/aromatic N) is 3. The minimum absolute atomic E-state index is 0.554. The molecule has 0 saturated heterocycles. The molecule has 2 aromatic heterocycles. The lowest BCUT2D eigenvalue weighted by Gasteiger charge is -2.26. The Bertz CT molecular complexity index is 541. The fourth-order valence-electron chi connectivity index (χ4n) is 2.07. The van der Waals surface area contributed by atoms with E-state index in [-0.39, 0.29) is 0 Å². The zero-order valence-electron chi connectivity index (χ0n) is 11.9. The molecule has 0 fully saturated rings. The quantitative estimate of drug-likeness (QED) is 0.763. The molecule has 0 aromatic carbocycles. The molecular formula is C14H20ClN3S. The van der Waals surface area contributed by atoms with Crippen LogP contribution in [0.3, 0.4) is 0 Å². The van der Waals surface area contributed by atoms with Crippen molar-refractivity contribution < 1.29 is 0 Å². The van der Waals surface area contributed by atoms with Gasteiger partial charge in [-0.3, -0.25) is 0 Å². The third kappa shape index (κ3) is 3.57. The second-order valence-corrected chi connectivity index (χ2v) is 6.90. The van der Waals surface area contributed by atoms with Crippen molar-refractivity contribution in [2.24, 2.45) is 11.8 Å². The Morgan fingerprint density at radius 2 is 1.79 bits per heavy atom. The molecular weight excluding hydrogens is 278 g/mol. The summed E-state index contributed by atoms with van der Waals surface area (Å²) >= 11 is 7.86. The van der Waals surface area contributed by atoms with Gasteiger partial charge in [0.25, 0.3) is 0 Å². The van der Waals surface area contributed by atoms with E-state index in [2.05, 4.69) is 42.6 Å². The minimum atomic E-state index is 0.554. The number of anilines is 1. The maximum Gasteiger partial charge on any atom is 0.228 e. The van der Waals surface area contributed by atoms with Gasteiger partial charge in [-0.05, 0) is 23.3 Å². The Kier molecular flexibility index (Phi) is 4.63. The first-order valence-electron chi connectivity index (χ1n) is 6.63. The van der Waals surface area contributed by atoms with Crippen molar-refractivity contribution in [2.45, 2.75) is 27.7 Å². The van der Waals surface area contributed by atoms with E-state index < -0.39 is 0 Å². The molecule has 0 saturated carbocycles. The molecule has 2 aromatic rings. The Labute approximate surface area is 123 Å². The van der Waals surface area contributed by atoms with Gasteiger partial charge in [0.2, 0.25) is 5.95 Å². The molecule has 2 heterocycles. The van der Waals surface area contributed by atoms with Crippen LogP contribution >= 0.6 is 22.9 Å². The molecule has 5 heteroatoms. The summed E-state index contributed by atoms with van der Waals surface area (Å²) in [5, 5.41) is 3.51. The molecule has 0 aliphatic rings. The number of fused-ring (bicyclic) bond motifs is 1. The van der Waals surface area contributed by atoms with Gasteiger partial charge in [0, 0.05) is 18.5 Å². The fraction of sp³-hybridized carbons (Fsp3) is 0.571. The molecule has 0 aliphatic heterocycles. The van der Waals surface area contributed by atoms with Crippen molar-refractivity contribution in [1.82, 2.24) is 9.97 Å². The zero-order chi connectivity index (χ0) is 14.0. The van der Waals surface area contributed by atoms with Gasteiger partial charge in [-0.25, -0.2) is 9.97 Å². The van der Waals surface area contributed by atoms with Crippen LogP contribution in [-0.4, -0.2) is 23.1 Å². The molecule has 19 heavy (non-hydrogen) atoms. The Morgan fingerprint density at radius 3 is 2.37 bits per heavy atom. The van der Waals surface area contributed by atoms with E-state index in [0.717, 1.165) is 29.3 Å². The van der Waals surface area contributed by atoms with Gasteiger partial charge in [-0.2, -0.15) is 0 Å². The van der Waals surface area contributed by atoms with Gasteiger partial charge >= 0.3 is 0 Å². The third-order valence-corrected chi connectivity index (χ3v) is 3.82. The van der Waals surface area contributed by atoms with Crippen molar-refractivity contribution in [3.63, 3.8) is 0 Å².